The molecule has 6 nitrogen and oxygen atoms in total. The van der Waals surface area contributed by atoms with E-state index in [2.05, 4.69) is 33.9 Å². The van der Waals surface area contributed by atoms with Gasteiger partial charge >= 0.3 is 0 Å². The minimum atomic E-state index is -0.422. The Balaban J connectivity index is 2.31. The SMILES string of the molecule is C=Cc1c(NC)ccc2c1OC(N)=C(C#N)C2c1cc(Br)c(OC)c(OC)c1. The monoisotopic (exact) mass is 441 g/mol. The summed E-state index contributed by atoms with van der Waals surface area (Å²) in [4.78, 5) is 0. The van der Waals surface area contributed by atoms with E-state index in [4.69, 9.17) is 19.9 Å². The third-order valence-electron chi connectivity index (χ3n) is 4.69. The van der Waals surface area contributed by atoms with E-state index in [1.54, 1.807) is 20.3 Å². The molecule has 0 radical (unpaired) electrons. The molecule has 1 heterocycles. The lowest BCUT2D eigenvalue weighted by atomic mass is 9.82. The van der Waals surface area contributed by atoms with Crippen LogP contribution in [0.1, 0.15) is 22.6 Å². The van der Waals surface area contributed by atoms with E-state index in [1.807, 2.05) is 31.3 Å². The van der Waals surface area contributed by atoms with Crippen molar-refractivity contribution in [2.24, 2.45) is 5.73 Å². The van der Waals surface area contributed by atoms with Crippen LogP contribution in [0.25, 0.3) is 6.08 Å². The summed E-state index contributed by atoms with van der Waals surface area (Å²) >= 11 is 3.52. The quantitative estimate of drug-likeness (QED) is 0.715. The van der Waals surface area contributed by atoms with Gasteiger partial charge in [-0.1, -0.05) is 18.7 Å². The lowest BCUT2D eigenvalue weighted by Gasteiger charge is -2.29. The number of anilines is 1. The van der Waals surface area contributed by atoms with Crippen molar-refractivity contribution < 1.29 is 14.2 Å². The number of allylic oxidation sites excluding steroid dienone is 1. The molecule has 0 saturated heterocycles. The van der Waals surface area contributed by atoms with Crippen molar-refractivity contribution in [2.45, 2.75) is 5.92 Å². The van der Waals surface area contributed by atoms with Crippen molar-refractivity contribution in [2.75, 3.05) is 26.6 Å². The third kappa shape index (κ3) is 3.06. The number of nitrogens with two attached hydrogens (primary N) is 1. The lowest BCUT2D eigenvalue weighted by molar-refractivity contribution is 0.352. The predicted octanol–water partition coefficient (Wildman–Crippen LogP) is 4.37. The van der Waals surface area contributed by atoms with E-state index in [9.17, 15) is 5.26 Å². The zero-order valence-electron chi connectivity index (χ0n) is 15.8. The van der Waals surface area contributed by atoms with Gasteiger partial charge in [-0.2, -0.15) is 5.26 Å². The van der Waals surface area contributed by atoms with Gasteiger partial charge in [0, 0.05) is 23.9 Å². The number of rotatable bonds is 5. The first-order valence-electron chi connectivity index (χ1n) is 8.46. The maximum absolute atomic E-state index is 9.77. The highest BCUT2D eigenvalue weighted by atomic mass is 79.9. The minimum Gasteiger partial charge on any atom is -0.493 e. The highest BCUT2D eigenvalue weighted by molar-refractivity contribution is 9.10. The summed E-state index contributed by atoms with van der Waals surface area (Å²) in [5, 5.41) is 12.9. The maximum atomic E-state index is 9.77. The highest BCUT2D eigenvalue weighted by Crippen LogP contribution is 2.48. The maximum Gasteiger partial charge on any atom is 0.205 e. The number of nitrogens with one attached hydrogen (secondary N) is 1. The molecule has 2 aromatic carbocycles. The second kappa shape index (κ2) is 7.87. The number of methoxy groups -OCH3 is 2. The van der Waals surface area contributed by atoms with Gasteiger partial charge in [0.05, 0.1) is 24.6 Å². The number of benzene rings is 2. The topological polar surface area (TPSA) is 89.5 Å². The van der Waals surface area contributed by atoms with Gasteiger partial charge in [-0.15, -0.1) is 0 Å². The van der Waals surface area contributed by atoms with Crippen LogP contribution in [0.3, 0.4) is 0 Å². The third-order valence-corrected chi connectivity index (χ3v) is 5.28. The molecular weight excluding hydrogens is 422 g/mol. The van der Waals surface area contributed by atoms with E-state index in [1.165, 1.54) is 0 Å². The highest BCUT2D eigenvalue weighted by Gasteiger charge is 2.33. The number of nitrogens with zero attached hydrogens (tertiary/aromatic N) is 1. The summed E-state index contributed by atoms with van der Waals surface area (Å²) in [5.74, 6) is 1.35. The number of nitriles is 1. The Bertz CT molecular complexity index is 1020. The van der Waals surface area contributed by atoms with Crippen molar-refractivity contribution in [1.82, 2.24) is 0 Å². The zero-order valence-corrected chi connectivity index (χ0v) is 17.4. The number of ether oxygens (including phenoxy) is 3. The van der Waals surface area contributed by atoms with E-state index in [0.29, 0.717) is 27.3 Å². The Morgan fingerprint density at radius 2 is 2.07 bits per heavy atom. The molecule has 0 saturated carbocycles. The summed E-state index contributed by atoms with van der Waals surface area (Å²) in [6, 6.07) is 9.78. The fourth-order valence-electron chi connectivity index (χ4n) is 3.41. The summed E-state index contributed by atoms with van der Waals surface area (Å²) in [5.41, 5.74) is 9.73. The second-order valence-corrected chi connectivity index (χ2v) is 6.92. The number of hydrogen-bond donors (Lipinski definition) is 2. The van der Waals surface area contributed by atoms with E-state index < -0.39 is 5.92 Å². The Kier molecular flexibility index (Phi) is 5.52. The average Bonchev–Trinajstić information content (AvgIpc) is 2.70. The molecule has 0 aliphatic carbocycles. The molecule has 144 valence electrons. The van der Waals surface area contributed by atoms with Crippen LogP contribution in [0, 0.1) is 11.3 Å². The molecule has 1 aliphatic rings. The standard InChI is InChI=1S/C21H20BrN3O3/c1-5-12-16(25-2)7-6-13-18(14(10-23)21(24)28-19(12)13)11-8-15(22)20(27-4)17(9-11)26-3/h5-9,18,25H,1,24H2,2-4H3. The Labute approximate surface area is 172 Å². The molecule has 3 N–H and O–H groups in total. The molecular formula is C21H20BrN3O3. The van der Waals surface area contributed by atoms with Gasteiger partial charge in [0.25, 0.3) is 0 Å². The molecule has 3 rings (SSSR count). The number of fused-ring (bicyclic) bond motifs is 1. The summed E-state index contributed by atoms with van der Waals surface area (Å²) < 4.78 is 17.4. The van der Waals surface area contributed by atoms with Crippen LogP contribution >= 0.6 is 15.9 Å². The largest absolute Gasteiger partial charge is 0.493 e. The molecule has 7 heteroatoms. The summed E-state index contributed by atoms with van der Waals surface area (Å²) in [7, 11) is 4.96. The van der Waals surface area contributed by atoms with Crippen LogP contribution < -0.4 is 25.3 Å². The van der Waals surface area contributed by atoms with Crippen LogP contribution in [0.5, 0.6) is 17.2 Å². The van der Waals surface area contributed by atoms with Gasteiger partial charge in [0.2, 0.25) is 5.88 Å². The van der Waals surface area contributed by atoms with Crippen molar-refractivity contribution in [3.05, 3.63) is 63.5 Å². The smallest absolute Gasteiger partial charge is 0.205 e. The first-order chi connectivity index (χ1) is 13.5. The van der Waals surface area contributed by atoms with Gasteiger partial charge in [0.1, 0.15) is 17.4 Å². The number of halogens is 1. The van der Waals surface area contributed by atoms with Crippen LogP contribution in [0.2, 0.25) is 0 Å². The van der Waals surface area contributed by atoms with E-state index >= 15 is 0 Å². The zero-order chi connectivity index (χ0) is 20.4. The molecule has 0 fully saturated rings. The average molecular weight is 442 g/mol. The molecule has 1 unspecified atom stereocenters. The molecule has 0 amide bonds. The molecule has 0 bridgehead atoms. The molecule has 0 spiro atoms. The Hall–Kier alpha value is -3.11. The van der Waals surface area contributed by atoms with Crippen molar-refractivity contribution in [3.63, 3.8) is 0 Å². The van der Waals surface area contributed by atoms with Crippen LogP contribution in [0.15, 0.2) is 46.8 Å². The minimum absolute atomic E-state index is 0.0715. The lowest BCUT2D eigenvalue weighted by Crippen LogP contribution is -2.22. The second-order valence-electron chi connectivity index (χ2n) is 6.06. The fourth-order valence-corrected chi connectivity index (χ4v) is 4.03. The summed E-state index contributed by atoms with van der Waals surface area (Å²) in [6.45, 7) is 3.89. The van der Waals surface area contributed by atoms with Gasteiger partial charge in [-0.25, -0.2) is 0 Å². The first-order valence-corrected chi connectivity index (χ1v) is 9.26. The molecule has 2 aromatic rings. The molecule has 0 aromatic heterocycles. The van der Waals surface area contributed by atoms with Crippen LogP contribution in [0.4, 0.5) is 5.69 Å². The van der Waals surface area contributed by atoms with Gasteiger partial charge in [-0.05, 0) is 39.7 Å². The Morgan fingerprint density at radius 1 is 1.32 bits per heavy atom. The Morgan fingerprint density at radius 3 is 2.64 bits per heavy atom. The van der Waals surface area contributed by atoms with Crippen molar-refractivity contribution >= 4 is 27.7 Å². The predicted molar refractivity (Wildman–Crippen MR) is 113 cm³/mol. The fraction of sp³-hybridized carbons (Fsp3) is 0.190. The van der Waals surface area contributed by atoms with Crippen molar-refractivity contribution in [3.8, 4) is 23.3 Å². The summed E-state index contributed by atoms with van der Waals surface area (Å²) in [6.07, 6.45) is 1.71. The van der Waals surface area contributed by atoms with Gasteiger partial charge < -0.3 is 25.3 Å². The van der Waals surface area contributed by atoms with Crippen LogP contribution in [-0.2, 0) is 0 Å². The van der Waals surface area contributed by atoms with Gasteiger partial charge in [-0.3, -0.25) is 0 Å². The first kappa shape index (κ1) is 19.6. The van der Waals surface area contributed by atoms with Crippen LogP contribution in [-0.4, -0.2) is 21.3 Å². The molecule has 1 atom stereocenters. The van der Waals surface area contributed by atoms with E-state index in [-0.39, 0.29) is 5.88 Å². The van der Waals surface area contributed by atoms with Crippen molar-refractivity contribution in [1.29, 1.82) is 5.26 Å². The van der Waals surface area contributed by atoms with E-state index in [0.717, 1.165) is 22.4 Å². The normalized spacial score (nSPS) is 15.2. The number of hydrogen-bond acceptors (Lipinski definition) is 6. The molecule has 28 heavy (non-hydrogen) atoms. The van der Waals surface area contributed by atoms with Gasteiger partial charge in [0.15, 0.2) is 11.5 Å². The molecule has 1 aliphatic heterocycles.